The van der Waals surface area contributed by atoms with Gasteiger partial charge in [-0.05, 0) is 55.9 Å². The molecule has 2 unspecified atom stereocenters. The van der Waals surface area contributed by atoms with Crippen LogP contribution >= 0.6 is 0 Å². The van der Waals surface area contributed by atoms with Gasteiger partial charge < -0.3 is 19.6 Å². The molecule has 4 heterocycles. The van der Waals surface area contributed by atoms with E-state index in [0.717, 1.165) is 31.4 Å². The molecule has 9 nitrogen and oxygen atoms in total. The number of aromatic nitrogens is 2. The van der Waals surface area contributed by atoms with Gasteiger partial charge >= 0.3 is 18.2 Å². The largest absolute Gasteiger partial charge is 0.481 e. The number of alkyl halides is 3. The first-order valence-electron chi connectivity index (χ1n) is 12.3. The van der Waals surface area contributed by atoms with Gasteiger partial charge in [-0.1, -0.05) is 12.1 Å². The van der Waals surface area contributed by atoms with Crippen LogP contribution in [0.1, 0.15) is 59.4 Å². The minimum Gasteiger partial charge on any atom is -0.481 e. The van der Waals surface area contributed by atoms with E-state index in [9.17, 15) is 32.7 Å². The monoisotopic (exact) mass is 520 g/mol. The van der Waals surface area contributed by atoms with E-state index in [-0.39, 0.29) is 48.9 Å². The number of carboxylic acids is 1. The summed E-state index contributed by atoms with van der Waals surface area (Å²) in [5, 5.41) is 13.9. The fraction of sp³-hybridized carbons (Fsp3) is 0.520. The van der Waals surface area contributed by atoms with Crippen molar-refractivity contribution in [3.8, 4) is 0 Å². The van der Waals surface area contributed by atoms with E-state index in [4.69, 9.17) is 4.74 Å². The van der Waals surface area contributed by atoms with Crippen molar-refractivity contribution in [1.82, 2.24) is 19.6 Å². The fourth-order valence-electron chi connectivity index (χ4n) is 5.65. The number of ether oxygens (including phenoxy) is 1. The Hall–Kier alpha value is -3.57. The van der Waals surface area contributed by atoms with Gasteiger partial charge in [0.05, 0.1) is 30.3 Å². The topological polar surface area (TPSA) is 105 Å². The number of rotatable bonds is 4. The molecule has 2 atom stereocenters. The molecule has 2 aromatic rings. The third kappa shape index (κ3) is 5.14. The zero-order chi connectivity index (χ0) is 26.3. The molecule has 1 aromatic heterocycles. The second-order valence-electron chi connectivity index (χ2n) is 9.88. The molecule has 2 fully saturated rings. The maximum Gasteiger partial charge on any atom is 0.416 e. The average Bonchev–Trinajstić information content (AvgIpc) is 3.29. The highest BCUT2D eigenvalue weighted by atomic mass is 19.4. The van der Waals surface area contributed by atoms with E-state index in [1.807, 2.05) is 0 Å². The van der Waals surface area contributed by atoms with Crippen molar-refractivity contribution in [1.29, 1.82) is 0 Å². The van der Waals surface area contributed by atoms with Gasteiger partial charge in [-0.3, -0.25) is 14.3 Å². The fourth-order valence-corrected chi connectivity index (χ4v) is 5.65. The zero-order valence-electron chi connectivity index (χ0n) is 20.0. The van der Waals surface area contributed by atoms with Crippen molar-refractivity contribution in [2.45, 2.75) is 70.1 Å². The van der Waals surface area contributed by atoms with Crippen molar-refractivity contribution in [3.05, 3.63) is 52.8 Å². The van der Waals surface area contributed by atoms with E-state index in [2.05, 4.69) is 5.10 Å². The number of fused-ring (bicyclic) bond motifs is 3. The summed E-state index contributed by atoms with van der Waals surface area (Å²) < 4.78 is 45.7. The predicted molar refractivity (Wildman–Crippen MR) is 122 cm³/mol. The lowest BCUT2D eigenvalue weighted by Gasteiger charge is -2.47. The number of piperidine rings is 2. The van der Waals surface area contributed by atoms with E-state index >= 15 is 0 Å². The molecule has 12 heteroatoms. The van der Waals surface area contributed by atoms with Crippen molar-refractivity contribution in [3.63, 3.8) is 0 Å². The number of nitrogens with zero attached hydrogens (tertiary/aromatic N) is 4. The van der Waals surface area contributed by atoms with Crippen LogP contribution in [0.4, 0.5) is 18.0 Å². The Balaban J connectivity index is 1.22. The van der Waals surface area contributed by atoms with Gasteiger partial charge in [-0.15, -0.1) is 0 Å². The number of amides is 2. The molecule has 0 spiro atoms. The van der Waals surface area contributed by atoms with Crippen molar-refractivity contribution in [2.75, 3.05) is 6.54 Å². The molecular formula is C25H27F3N4O5. The predicted octanol–water partition coefficient (Wildman–Crippen LogP) is 3.91. The van der Waals surface area contributed by atoms with Crippen LogP contribution in [-0.4, -0.2) is 61.3 Å². The Bertz CT molecular complexity index is 1200. The minimum atomic E-state index is -4.48. The number of carbonyl (C=O) groups excluding carboxylic acids is 2. The summed E-state index contributed by atoms with van der Waals surface area (Å²) in [6.45, 7) is 0.473. The van der Waals surface area contributed by atoms with Gasteiger partial charge in [-0.2, -0.15) is 18.3 Å². The molecule has 5 rings (SSSR count). The lowest BCUT2D eigenvalue weighted by atomic mass is 9.78. The van der Waals surface area contributed by atoms with Crippen LogP contribution < -0.4 is 0 Å². The van der Waals surface area contributed by atoms with Crippen LogP contribution in [0, 0.1) is 5.92 Å². The summed E-state index contributed by atoms with van der Waals surface area (Å²) in [5.41, 5.74) is 0.336. The summed E-state index contributed by atoms with van der Waals surface area (Å²) in [6, 6.07) is 6.03. The van der Waals surface area contributed by atoms with Gasteiger partial charge in [0, 0.05) is 18.6 Å². The highest BCUT2D eigenvalue weighted by molar-refractivity contribution is 5.93. The number of hydrogen-bond acceptors (Lipinski definition) is 5. The number of halogens is 3. The molecule has 2 saturated heterocycles. The highest BCUT2D eigenvalue weighted by Gasteiger charge is 2.44. The molecule has 2 amide bonds. The lowest BCUT2D eigenvalue weighted by Crippen LogP contribution is -2.55. The Labute approximate surface area is 210 Å². The molecule has 37 heavy (non-hydrogen) atoms. The highest BCUT2D eigenvalue weighted by Crippen LogP contribution is 2.38. The van der Waals surface area contributed by atoms with Crippen LogP contribution in [-0.2, 0) is 35.4 Å². The number of carbonyl (C=O) groups is 3. The number of hydrogen-bond donors (Lipinski definition) is 1. The first kappa shape index (κ1) is 25.1. The van der Waals surface area contributed by atoms with Gasteiger partial charge in [0.15, 0.2) is 5.69 Å². The Morgan fingerprint density at radius 1 is 1.08 bits per heavy atom. The molecule has 0 radical (unpaired) electrons. The summed E-state index contributed by atoms with van der Waals surface area (Å²) >= 11 is 0. The maximum absolute atomic E-state index is 13.4. The smallest absolute Gasteiger partial charge is 0.416 e. The van der Waals surface area contributed by atoms with Crippen LogP contribution in [0.3, 0.4) is 0 Å². The third-order valence-corrected chi connectivity index (χ3v) is 7.45. The van der Waals surface area contributed by atoms with Crippen molar-refractivity contribution >= 4 is 18.0 Å². The van der Waals surface area contributed by atoms with Crippen LogP contribution in [0.2, 0.25) is 0 Å². The normalized spacial score (nSPS) is 23.4. The third-order valence-electron chi connectivity index (χ3n) is 7.45. The average molecular weight is 521 g/mol. The molecule has 0 aliphatic carbocycles. The first-order valence-corrected chi connectivity index (χ1v) is 12.3. The van der Waals surface area contributed by atoms with Crippen molar-refractivity contribution < 1.29 is 37.4 Å². The van der Waals surface area contributed by atoms with Crippen LogP contribution in [0.25, 0.3) is 0 Å². The molecule has 1 N–H and O–H groups in total. The van der Waals surface area contributed by atoms with E-state index < -0.39 is 29.7 Å². The molecular weight excluding hydrogens is 493 g/mol. The van der Waals surface area contributed by atoms with Crippen LogP contribution in [0.15, 0.2) is 30.3 Å². The van der Waals surface area contributed by atoms with Gasteiger partial charge in [0.1, 0.15) is 6.61 Å². The molecule has 0 saturated carbocycles. The molecule has 1 aromatic carbocycles. The minimum absolute atomic E-state index is 0.123. The molecule has 2 bridgehead atoms. The van der Waals surface area contributed by atoms with Gasteiger partial charge in [0.25, 0.3) is 5.91 Å². The van der Waals surface area contributed by atoms with Crippen LogP contribution in [0.5, 0.6) is 0 Å². The first-order chi connectivity index (χ1) is 17.6. The molecule has 3 aliphatic rings. The second-order valence-corrected chi connectivity index (χ2v) is 9.88. The van der Waals surface area contributed by atoms with Gasteiger partial charge in [0.2, 0.25) is 0 Å². The lowest BCUT2D eigenvalue weighted by molar-refractivity contribution is -0.145. The van der Waals surface area contributed by atoms with E-state index in [1.54, 1.807) is 15.6 Å². The van der Waals surface area contributed by atoms with Gasteiger partial charge in [-0.25, -0.2) is 4.79 Å². The molecule has 198 valence electrons. The summed E-state index contributed by atoms with van der Waals surface area (Å²) in [7, 11) is 0. The molecule has 3 aliphatic heterocycles. The SMILES string of the molecule is O=C(O)C1CC2CCCC(C1)N2C(=O)c1cc2n(n1)CCN(C(=O)OCc1cccc(C(F)(F)F)c1)C2. The summed E-state index contributed by atoms with van der Waals surface area (Å²) in [6.07, 6.45) is -1.76. The Morgan fingerprint density at radius 3 is 2.49 bits per heavy atom. The Morgan fingerprint density at radius 2 is 1.81 bits per heavy atom. The van der Waals surface area contributed by atoms with E-state index in [0.29, 0.717) is 25.1 Å². The van der Waals surface area contributed by atoms with E-state index in [1.165, 1.54) is 17.0 Å². The maximum atomic E-state index is 13.4. The summed E-state index contributed by atoms with van der Waals surface area (Å²) in [5.74, 6) is -1.48. The number of carboxylic acid groups (broad SMARTS) is 1. The zero-order valence-corrected chi connectivity index (χ0v) is 20.0. The number of aliphatic carboxylic acids is 1. The summed E-state index contributed by atoms with van der Waals surface area (Å²) in [4.78, 5) is 40.7. The van der Waals surface area contributed by atoms with Crippen molar-refractivity contribution in [2.24, 2.45) is 5.92 Å². The second kappa shape index (κ2) is 9.71. The standard InChI is InChI=1S/C25H27F3N4O5/c26-25(27,28)17-4-1-3-15(9-17)14-37-24(36)30-7-8-31-20(13-30)12-21(29-31)22(33)32-18-5-2-6-19(32)11-16(10-18)23(34)35/h1,3-4,9,12,16,18-19H,2,5-8,10-11,13-14H2,(H,34,35). The quantitative estimate of drug-likeness (QED) is 0.656. The Kier molecular flexibility index (Phi) is 6.59. The number of benzene rings is 1.